The van der Waals surface area contributed by atoms with Gasteiger partial charge in [-0.1, -0.05) is 54.1 Å². The van der Waals surface area contributed by atoms with Gasteiger partial charge in [0, 0.05) is 29.8 Å². The maximum atomic E-state index is 12.7. The largest absolute Gasteiger partial charge is 0.301 e. The van der Waals surface area contributed by atoms with Crippen molar-refractivity contribution in [3.8, 4) is 6.07 Å². The highest BCUT2D eigenvalue weighted by atomic mass is 32.2. The van der Waals surface area contributed by atoms with E-state index in [9.17, 15) is 13.7 Å². The quantitative estimate of drug-likeness (QED) is 0.743. The lowest BCUT2D eigenvalue weighted by molar-refractivity contribution is 0.541. The summed E-state index contributed by atoms with van der Waals surface area (Å²) in [5.74, 6) is 0.0172. The molecule has 27 heavy (non-hydrogen) atoms. The monoisotopic (exact) mass is 378 g/mol. The highest BCUT2D eigenvalue weighted by Crippen LogP contribution is 2.33. The average Bonchev–Trinajstić information content (AvgIpc) is 2.68. The Hall–Kier alpha value is -2.95. The van der Waals surface area contributed by atoms with Crippen LogP contribution in [0.1, 0.15) is 22.7 Å². The van der Waals surface area contributed by atoms with Crippen molar-refractivity contribution in [2.24, 2.45) is 0 Å². The van der Waals surface area contributed by atoms with Gasteiger partial charge in [-0.15, -0.1) is 0 Å². The van der Waals surface area contributed by atoms with Crippen molar-refractivity contribution in [3.05, 3.63) is 71.5 Å². The third-order valence-corrected chi connectivity index (χ3v) is 6.34. The van der Waals surface area contributed by atoms with Gasteiger partial charge in [0.05, 0.1) is 11.9 Å². The number of rotatable bonds is 2. The second-order valence-electron chi connectivity index (χ2n) is 6.64. The first-order valence-electron chi connectivity index (χ1n) is 8.61. The fraction of sp³-hybridized carbons (Fsp3) is 0.200. The van der Waals surface area contributed by atoms with E-state index < -0.39 is 10.2 Å². The number of fused-ring (bicyclic) bond motifs is 1. The lowest BCUT2D eigenvalue weighted by Crippen LogP contribution is -2.50. The van der Waals surface area contributed by atoms with Gasteiger partial charge in [-0.3, -0.25) is 4.31 Å². The van der Waals surface area contributed by atoms with E-state index in [1.165, 1.54) is 10.5 Å². The third kappa shape index (κ3) is 3.14. The predicted molar refractivity (Wildman–Crippen MR) is 105 cm³/mol. The Morgan fingerprint density at radius 2 is 1.85 bits per heavy atom. The highest BCUT2D eigenvalue weighted by molar-refractivity contribution is 7.91. The molecule has 2 aromatic carbocycles. The van der Waals surface area contributed by atoms with Crippen LogP contribution >= 0.6 is 0 Å². The molecule has 1 atom stereocenters. The van der Waals surface area contributed by atoms with Crippen LogP contribution in [0, 0.1) is 18.3 Å². The zero-order chi connectivity index (χ0) is 19.0. The van der Waals surface area contributed by atoms with Crippen LogP contribution in [-0.2, 0) is 10.2 Å². The van der Waals surface area contributed by atoms with E-state index in [4.69, 9.17) is 0 Å². The first-order valence-corrected chi connectivity index (χ1v) is 10.1. The zero-order valence-corrected chi connectivity index (χ0v) is 15.6. The fourth-order valence-corrected chi connectivity index (χ4v) is 4.75. The Balaban J connectivity index is 1.80. The lowest BCUT2D eigenvalue weighted by Gasteiger charge is -2.34. The summed E-state index contributed by atoms with van der Waals surface area (Å²) in [6.07, 6.45) is 1.47. The fourth-order valence-electron chi connectivity index (χ4n) is 3.40. The molecule has 0 unspecified atom stereocenters. The summed E-state index contributed by atoms with van der Waals surface area (Å²) >= 11 is 0. The van der Waals surface area contributed by atoms with Gasteiger partial charge in [0.1, 0.15) is 11.8 Å². The van der Waals surface area contributed by atoms with Crippen molar-refractivity contribution >= 4 is 26.7 Å². The van der Waals surface area contributed by atoms with E-state index in [-0.39, 0.29) is 11.6 Å². The van der Waals surface area contributed by atoms with Crippen LogP contribution in [0.3, 0.4) is 0 Å². The number of nitrogens with one attached hydrogen (secondary N) is 1. The normalized spacial score (nSPS) is 19.0. The van der Waals surface area contributed by atoms with Gasteiger partial charge in [-0.05, 0) is 12.5 Å². The number of nitrogens with zero attached hydrogens (tertiary/aromatic N) is 3. The van der Waals surface area contributed by atoms with E-state index in [0.29, 0.717) is 29.5 Å². The molecule has 1 aliphatic heterocycles. The number of benzene rings is 2. The highest BCUT2D eigenvalue weighted by Gasteiger charge is 2.33. The van der Waals surface area contributed by atoms with Crippen LogP contribution < -0.4 is 9.03 Å². The molecule has 1 saturated heterocycles. The first kappa shape index (κ1) is 17.5. The summed E-state index contributed by atoms with van der Waals surface area (Å²) in [5, 5.41) is 10.6. The van der Waals surface area contributed by atoms with Crippen LogP contribution in [0.15, 0.2) is 54.7 Å². The topological polar surface area (TPSA) is 86.1 Å². The summed E-state index contributed by atoms with van der Waals surface area (Å²) in [5.41, 5.74) is 3.01. The maximum Gasteiger partial charge on any atom is 0.301 e. The van der Waals surface area contributed by atoms with Crippen LogP contribution in [0.4, 0.5) is 5.69 Å². The van der Waals surface area contributed by atoms with E-state index in [1.807, 2.05) is 49.4 Å². The van der Waals surface area contributed by atoms with Crippen molar-refractivity contribution in [1.29, 1.82) is 5.26 Å². The zero-order valence-electron chi connectivity index (χ0n) is 14.8. The summed E-state index contributed by atoms with van der Waals surface area (Å²) in [6.45, 7) is 2.69. The first-order chi connectivity index (χ1) is 13.0. The summed E-state index contributed by atoms with van der Waals surface area (Å²) in [6, 6.07) is 17.4. The number of hydrogen-bond acceptors (Lipinski definition) is 4. The molecule has 0 radical (unpaired) electrons. The number of aryl methyl sites for hydroxylation is 1. The summed E-state index contributed by atoms with van der Waals surface area (Å²) in [7, 11) is -3.68. The number of pyridine rings is 1. The molecule has 6 nitrogen and oxygen atoms in total. The Kier molecular flexibility index (Phi) is 4.30. The van der Waals surface area contributed by atoms with Gasteiger partial charge in [0.15, 0.2) is 0 Å². The van der Waals surface area contributed by atoms with E-state index in [2.05, 4.69) is 15.8 Å². The number of anilines is 1. The molecule has 1 N–H and O–H groups in total. The van der Waals surface area contributed by atoms with Crippen molar-refractivity contribution in [3.63, 3.8) is 0 Å². The van der Waals surface area contributed by atoms with E-state index >= 15 is 0 Å². The van der Waals surface area contributed by atoms with Crippen LogP contribution in [0.5, 0.6) is 0 Å². The molecule has 0 aliphatic carbocycles. The SMILES string of the molecule is Cc1ccc([C@H]2CNS(=O)(=O)N(c3cnc(C#N)c4ccccc34)C2)cc1. The molecule has 2 heterocycles. The van der Waals surface area contributed by atoms with Gasteiger partial charge in [0.2, 0.25) is 0 Å². The molecular formula is C20H18N4O2S. The van der Waals surface area contributed by atoms with E-state index in [0.717, 1.165) is 11.1 Å². The third-order valence-electron chi connectivity index (χ3n) is 4.89. The summed E-state index contributed by atoms with van der Waals surface area (Å²) < 4.78 is 29.5. The second kappa shape index (κ2) is 6.65. The maximum absolute atomic E-state index is 12.7. The molecule has 1 fully saturated rings. The Morgan fingerprint density at radius 1 is 1.15 bits per heavy atom. The molecule has 1 aromatic heterocycles. The molecule has 1 aliphatic rings. The number of aromatic nitrogens is 1. The molecule has 0 saturated carbocycles. The van der Waals surface area contributed by atoms with Crippen molar-refractivity contribution in [2.45, 2.75) is 12.8 Å². The predicted octanol–water partition coefficient (Wildman–Crippen LogP) is 2.85. The van der Waals surface area contributed by atoms with Crippen LogP contribution in [0.25, 0.3) is 10.8 Å². The molecule has 0 spiro atoms. The minimum absolute atomic E-state index is 0.0172. The molecular weight excluding hydrogens is 360 g/mol. The summed E-state index contributed by atoms with van der Waals surface area (Å²) in [4.78, 5) is 4.18. The minimum atomic E-state index is -3.68. The second-order valence-corrected chi connectivity index (χ2v) is 8.32. The molecule has 3 aromatic rings. The van der Waals surface area contributed by atoms with Gasteiger partial charge in [-0.2, -0.15) is 18.4 Å². The molecule has 7 heteroatoms. The lowest BCUT2D eigenvalue weighted by atomic mass is 9.98. The number of nitriles is 1. The standard InChI is InChI=1S/C20H18N4O2S/c1-14-6-8-15(9-7-14)16-11-23-27(25,26)24(13-16)20-12-22-19(10-21)17-4-2-3-5-18(17)20/h2-9,12,16,23H,11,13H2,1H3/t16-/m0/s1. The van der Waals surface area contributed by atoms with Crippen LogP contribution in [0.2, 0.25) is 0 Å². The minimum Gasteiger partial charge on any atom is -0.255 e. The Morgan fingerprint density at radius 3 is 2.56 bits per heavy atom. The van der Waals surface area contributed by atoms with E-state index in [1.54, 1.807) is 6.07 Å². The van der Waals surface area contributed by atoms with Crippen molar-refractivity contribution < 1.29 is 8.42 Å². The Labute approximate surface area is 158 Å². The molecule has 4 rings (SSSR count). The Bertz CT molecular complexity index is 1150. The number of hydrogen-bond donors (Lipinski definition) is 1. The van der Waals surface area contributed by atoms with Gasteiger partial charge >= 0.3 is 10.2 Å². The smallest absolute Gasteiger partial charge is 0.255 e. The molecule has 0 amide bonds. The van der Waals surface area contributed by atoms with Gasteiger partial charge in [-0.25, -0.2) is 4.98 Å². The molecule has 0 bridgehead atoms. The van der Waals surface area contributed by atoms with Crippen molar-refractivity contribution in [2.75, 3.05) is 17.4 Å². The van der Waals surface area contributed by atoms with Crippen LogP contribution in [-0.4, -0.2) is 26.5 Å². The van der Waals surface area contributed by atoms with Crippen molar-refractivity contribution in [1.82, 2.24) is 9.71 Å². The van der Waals surface area contributed by atoms with Gasteiger partial charge < -0.3 is 0 Å². The van der Waals surface area contributed by atoms with Gasteiger partial charge in [0.25, 0.3) is 0 Å². The molecule has 136 valence electrons. The average molecular weight is 378 g/mol.